The van der Waals surface area contributed by atoms with Crippen LogP contribution in [0.3, 0.4) is 0 Å². The molecule has 0 aliphatic heterocycles. The molecule has 0 aliphatic carbocycles. The summed E-state index contributed by atoms with van der Waals surface area (Å²) in [6.07, 6.45) is 3.03. The summed E-state index contributed by atoms with van der Waals surface area (Å²) in [7, 11) is 0. The molecule has 0 radical (unpaired) electrons. The fourth-order valence-corrected chi connectivity index (χ4v) is 2.55. The van der Waals surface area contributed by atoms with Gasteiger partial charge in [0, 0.05) is 16.7 Å². The van der Waals surface area contributed by atoms with Gasteiger partial charge in [-0.1, -0.05) is 42.5 Å². The van der Waals surface area contributed by atoms with E-state index in [4.69, 9.17) is 0 Å². The number of nitrogens with zero attached hydrogens (tertiary/aromatic N) is 3. The summed E-state index contributed by atoms with van der Waals surface area (Å²) in [5.74, 6) is 0.392. The lowest BCUT2D eigenvalue weighted by atomic mass is 10.1. The zero-order chi connectivity index (χ0) is 17.1. The molecule has 7 heteroatoms. The van der Waals surface area contributed by atoms with Crippen molar-refractivity contribution in [1.29, 1.82) is 0 Å². The van der Waals surface area contributed by atoms with Gasteiger partial charge in [0.2, 0.25) is 0 Å². The highest BCUT2D eigenvalue weighted by atomic mass is 16.1. The van der Waals surface area contributed by atoms with Crippen molar-refractivity contribution in [2.45, 2.75) is 0 Å². The molecule has 0 aliphatic rings. The van der Waals surface area contributed by atoms with E-state index < -0.39 is 0 Å². The van der Waals surface area contributed by atoms with E-state index in [2.05, 4.69) is 30.7 Å². The van der Waals surface area contributed by atoms with Crippen LogP contribution in [0.15, 0.2) is 67.1 Å². The highest BCUT2D eigenvalue weighted by Gasteiger charge is 2.13. The maximum absolute atomic E-state index is 12.6. The molecule has 4 aromatic rings. The maximum atomic E-state index is 12.6. The number of rotatable bonds is 4. The van der Waals surface area contributed by atoms with Crippen LogP contribution in [0.5, 0.6) is 0 Å². The summed E-state index contributed by atoms with van der Waals surface area (Å²) >= 11 is 0. The lowest BCUT2D eigenvalue weighted by molar-refractivity contribution is 0.102. The van der Waals surface area contributed by atoms with Gasteiger partial charge < -0.3 is 5.32 Å². The van der Waals surface area contributed by atoms with Crippen LogP contribution in [-0.4, -0.2) is 31.3 Å². The Kier molecular flexibility index (Phi) is 3.80. The second-order valence-corrected chi connectivity index (χ2v) is 5.39. The number of carbonyl (C=O) groups is 1. The summed E-state index contributed by atoms with van der Waals surface area (Å²) in [6.45, 7) is 0. The third-order valence-electron chi connectivity index (χ3n) is 3.76. The lowest BCUT2D eigenvalue weighted by Gasteiger charge is -2.07. The Balaban J connectivity index is 1.60. The van der Waals surface area contributed by atoms with Crippen LogP contribution in [0.2, 0.25) is 0 Å². The second-order valence-electron chi connectivity index (χ2n) is 5.39. The van der Waals surface area contributed by atoms with Gasteiger partial charge in [-0.15, -0.1) is 0 Å². The Labute approximate surface area is 143 Å². The van der Waals surface area contributed by atoms with Crippen molar-refractivity contribution < 1.29 is 4.79 Å². The first-order chi connectivity index (χ1) is 12.3. The molecule has 0 saturated heterocycles. The van der Waals surface area contributed by atoms with Crippen LogP contribution in [0.4, 0.5) is 5.69 Å². The van der Waals surface area contributed by atoms with Crippen molar-refractivity contribution in [1.82, 2.24) is 25.4 Å². The molecule has 1 amide bonds. The maximum Gasteiger partial charge on any atom is 0.255 e. The van der Waals surface area contributed by atoms with Gasteiger partial charge in [-0.2, -0.15) is 10.2 Å². The fourth-order valence-electron chi connectivity index (χ4n) is 2.55. The third-order valence-corrected chi connectivity index (χ3v) is 3.76. The van der Waals surface area contributed by atoms with Gasteiger partial charge in [-0.25, -0.2) is 4.98 Å². The normalized spacial score (nSPS) is 10.6. The van der Waals surface area contributed by atoms with E-state index in [1.807, 2.05) is 36.4 Å². The summed E-state index contributed by atoms with van der Waals surface area (Å²) < 4.78 is 0. The Morgan fingerprint density at radius 1 is 0.920 bits per heavy atom. The number of nitrogens with one attached hydrogen (secondary N) is 3. The number of aromatic nitrogens is 5. The molecule has 2 aromatic carbocycles. The number of H-pyrrole nitrogens is 2. The molecular weight excluding hydrogens is 316 g/mol. The van der Waals surface area contributed by atoms with Crippen molar-refractivity contribution in [3.05, 3.63) is 72.7 Å². The monoisotopic (exact) mass is 330 g/mol. The fraction of sp³-hybridized carbons (Fsp3) is 0. The molecule has 0 saturated carbocycles. The van der Waals surface area contributed by atoms with Gasteiger partial charge in [-0.05, 0) is 12.1 Å². The number of hydrogen-bond acceptors (Lipinski definition) is 4. The topological polar surface area (TPSA) is 99.3 Å². The number of benzene rings is 2. The van der Waals surface area contributed by atoms with E-state index in [9.17, 15) is 4.79 Å². The van der Waals surface area contributed by atoms with Crippen molar-refractivity contribution in [3.63, 3.8) is 0 Å². The molecule has 0 fully saturated rings. The number of anilines is 1. The molecule has 3 N–H and O–H groups in total. The summed E-state index contributed by atoms with van der Waals surface area (Å²) in [5.41, 5.74) is 3.65. The predicted molar refractivity (Wildman–Crippen MR) is 93.8 cm³/mol. The highest BCUT2D eigenvalue weighted by Crippen LogP contribution is 2.25. The van der Waals surface area contributed by atoms with Gasteiger partial charge in [0.1, 0.15) is 6.33 Å². The molecule has 122 valence electrons. The van der Waals surface area contributed by atoms with Crippen LogP contribution >= 0.6 is 0 Å². The number of carbonyl (C=O) groups excluding carboxylic acids is 1. The number of aromatic amines is 2. The zero-order valence-electron chi connectivity index (χ0n) is 13.1. The molecular formula is C18H14N6O. The van der Waals surface area contributed by atoms with Gasteiger partial charge >= 0.3 is 0 Å². The molecule has 4 rings (SSSR count). The van der Waals surface area contributed by atoms with Crippen LogP contribution in [0.1, 0.15) is 10.4 Å². The SMILES string of the molecule is O=C(Nc1cn[nH]c1-c1ccccc1)c1cccc(-c2ncn[nH]2)c1. The van der Waals surface area contributed by atoms with Crippen LogP contribution in [-0.2, 0) is 0 Å². The van der Waals surface area contributed by atoms with Crippen molar-refractivity contribution >= 4 is 11.6 Å². The molecule has 0 atom stereocenters. The zero-order valence-corrected chi connectivity index (χ0v) is 13.1. The predicted octanol–water partition coefficient (Wildman–Crippen LogP) is 3.11. The second kappa shape index (κ2) is 6.40. The average molecular weight is 330 g/mol. The van der Waals surface area contributed by atoms with Crippen LogP contribution in [0.25, 0.3) is 22.6 Å². The minimum atomic E-state index is -0.222. The summed E-state index contributed by atoms with van der Waals surface area (Å²) in [5, 5.41) is 16.5. The van der Waals surface area contributed by atoms with Gasteiger partial charge in [0.15, 0.2) is 5.82 Å². The van der Waals surface area contributed by atoms with Crippen molar-refractivity contribution in [3.8, 4) is 22.6 Å². The van der Waals surface area contributed by atoms with Gasteiger partial charge in [0.25, 0.3) is 5.91 Å². The van der Waals surface area contributed by atoms with Crippen molar-refractivity contribution in [2.24, 2.45) is 0 Å². The first-order valence-electron chi connectivity index (χ1n) is 7.67. The van der Waals surface area contributed by atoms with E-state index >= 15 is 0 Å². The Hall–Kier alpha value is -3.74. The highest BCUT2D eigenvalue weighted by molar-refractivity contribution is 6.06. The largest absolute Gasteiger partial charge is 0.319 e. The standard InChI is InChI=1S/C18H14N6O/c25-18(14-8-4-7-13(9-14)17-19-11-21-24-17)22-15-10-20-23-16(15)12-5-2-1-3-6-12/h1-11H,(H,20,23)(H,22,25)(H,19,21,24). The molecule has 2 heterocycles. The Morgan fingerprint density at radius 2 is 1.76 bits per heavy atom. The minimum Gasteiger partial charge on any atom is -0.319 e. The number of hydrogen-bond donors (Lipinski definition) is 3. The minimum absolute atomic E-state index is 0.222. The quantitative estimate of drug-likeness (QED) is 0.535. The first-order valence-corrected chi connectivity index (χ1v) is 7.67. The molecule has 2 aromatic heterocycles. The van der Waals surface area contributed by atoms with Crippen LogP contribution < -0.4 is 5.32 Å². The molecule has 0 spiro atoms. The smallest absolute Gasteiger partial charge is 0.255 e. The molecule has 0 bridgehead atoms. The Morgan fingerprint density at radius 3 is 2.56 bits per heavy atom. The van der Waals surface area contributed by atoms with Gasteiger partial charge in [-0.3, -0.25) is 15.0 Å². The third kappa shape index (κ3) is 3.02. The van der Waals surface area contributed by atoms with E-state index in [1.165, 1.54) is 6.33 Å². The average Bonchev–Trinajstić information content (AvgIpc) is 3.34. The number of amides is 1. The molecule has 25 heavy (non-hydrogen) atoms. The summed E-state index contributed by atoms with van der Waals surface area (Å²) in [6, 6.07) is 16.9. The summed E-state index contributed by atoms with van der Waals surface area (Å²) in [4.78, 5) is 16.7. The van der Waals surface area contributed by atoms with E-state index in [1.54, 1.807) is 24.4 Å². The first kappa shape index (κ1) is 14.8. The molecule has 7 nitrogen and oxygen atoms in total. The van der Waals surface area contributed by atoms with Crippen LogP contribution in [0, 0.1) is 0 Å². The molecule has 0 unspecified atom stereocenters. The lowest BCUT2D eigenvalue weighted by Crippen LogP contribution is -2.12. The Bertz CT molecular complexity index is 991. The van der Waals surface area contributed by atoms with E-state index in [0.29, 0.717) is 17.1 Å². The van der Waals surface area contributed by atoms with Gasteiger partial charge in [0.05, 0.1) is 17.6 Å². The van der Waals surface area contributed by atoms with E-state index in [-0.39, 0.29) is 5.91 Å². The van der Waals surface area contributed by atoms with E-state index in [0.717, 1.165) is 16.8 Å². The van der Waals surface area contributed by atoms with Crippen molar-refractivity contribution in [2.75, 3.05) is 5.32 Å².